The highest BCUT2D eigenvalue weighted by molar-refractivity contribution is 5.79. The smallest absolute Gasteiger partial charge is 0.426 e. The topological polar surface area (TPSA) is 76.7 Å². The lowest BCUT2D eigenvalue weighted by molar-refractivity contribution is -0.121. The third-order valence-electron chi connectivity index (χ3n) is 2.37. The Balaban J connectivity index is 2.31. The van der Waals surface area contributed by atoms with Gasteiger partial charge in [-0.25, -0.2) is 10.2 Å². The summed E-state index contributed by atoms with van der Waals surface area (Å²) in [4.78, 5) is 22.4. The minimum atomic E-state index is -2.87. The van der Waals surface area contributed by atoms with Gasteiger partial charge in [-0.15, -0.1) is 0 Å². The lowest BCUT2D eigenvalue weighted by Crippen LogP contribution is -2.42. The summed E-state index contributed by atoms with van der Waals surface area (Å²) in [5.41, 5.74) is 5.05. The third-order valence-corrected chi connectivity index (χ3v) is 2.37. The summed E-state index contributed by atoms with van der Waals surface area (Å²) in [5.74, 6) is -0.335. The molecule has 0 atom stereocenters. The summed E-state index contributed by atoms with van der Waals surface area (Å²) in [7, 11) is 0. The fourth-order valence-electron chi connectivity index (χ4n) is 1.45. The van der Waals surface area contributed by atoms with Gasteiger partial charge in [0.1, 0.15) is 5.75 Å². The number of carbonyl (C=O) groups is 2. The first kappa shape index (κ1) is 16.7. The molecule has 0 unspecified atom stereocenters. The van der Waals surface area contributed by atoms with Gasteiger partial charge in [-0.05, 0) is 31.0 Å². The maximum atomic E-state index is 12.0. The quantitative estimate of drug-likeness (QED) is 0.788. The van der Waals surface area contributed by atoms with Crippen LogP contribution in [-0.2, 0) is 16.0 Å². The highest BCUT2D eigenvalue weighted by atomic mass is 19.3. The zero-order chi connectivity index (χ0) is 15.7. The van der Waals surface area contributed by atoms with Gasteiger partial charge in [0, 0.05) is 6.42 Å². The van der Waals surface area contributed by atoms with Crippen molar-refractivity contribution in [2.75, 3.05) is 6.61 Å². The Kier molecular flexibility index (Phi) is 6.93. The maximum absolute atomic E-state index is 12.0. The van der Waals surface area contributed by atoms with Crippen molar-refractivity contribution >= 4 is 12.0 Å². The number of hydrogen-bond donors (Lipinski definition) is 2. The van der Waals surface area contributed by atoms with E-state index in [1.807, 2.05) is 0 Å². The zero-order valence-electron chi connectivity index (χ0n) is 11.4. The Labute approximate surface area is 120 Å². The van der Waals surface area contributed by atoms with E-state index in [2.05, 4.69) is 20.3 Å². The average molecular weight is 302 g/mol. The third kappa shape index (κ3) is 7.09. The molecule has 0 radical (unpaired) electrons. The number of hydrazine groups is 1. The normalized spacial score (nSPS) is 10.1. The van der Waals surface area contributed by atoms with Crippen LogP contribution in [0.1, 0.15) is 18.9 Å². The fraction of sp³-hybridized carbons (Fsp3) is 0.385. The number of alkyl halides is 2. The number of rotatable bonds is 6. The molecule has 1 rings (SSSR count). The molecule has 0 spiro atoms. The SMILES string of the molecule is CCOC(=O)NNC(=O)CCc1ccc(OC(F)F)cc1. The van der Waals surface area contributed by atoms with Crippen molar-refractivity contribution in [3.8, 4) is 5.75 Å². The molecule has 0 aliphatic rings. The molecule has 116 valence electrons. The van der Waals surface area contributed by atoms with Crippen molar-refractivity contribution in [1.82, 2.24) is 10.9 Å². The van der Waals surface area contributed by atoms with Gasteiger partial charge in [0.25, 0.3) is 0 Å². The first-order valence-electron chi connectivity index (χ1n) is 6.26. The van der Waals surface area contributed by atoms with Crippen LogP contribution in [0.4, 0.5) is 13.6 Å². The van der Waals surface area contributed by atoms with Crippen LogP contribution in [0.5, 0.6) is 5.75 Å². The summed E-state index contributed by atoms with van der Waals surface area (Å²) < 4.78 is 32.7. The van der Waals surface area contributed by atoms with E-state index >= 15 is 0 Å². The van der Waals surface area contributed by atoms with Crippen molar-refractivity contribution in [3.63, 3.8) is 0 Å². The van der Waals surface area contributed by atoms with E-state index in [0.717, 1.165) is 5.56 Å². The van der Waals surface area contributed by atoms with Gasteiger partial charge in [-0.1, -0.05) is 12.1 Å². The van der Waals surface area contributed by atoms with Gasteiger partial charge in [0.15, 0.2) is 0 Å². The molecule has 0 heterocycles. The molecule has 0 saturated carbocycles. The molecule has 0 aliphatic carbocycles. The lowest BCUT2D eigenvalue weighted by atomic mass is 10.1. The Hall–Kier alpha value is -2.38. The first-order chi connectivity index (χ1) is 10.0. The number of halogens is 2. The molecule has 6 nitrogen and oxygen atoms in total. The van der Waals surface area contributed by atoms with Gasteiger partial charge in [-0.2, -0.15) is 8.78 Å². The minimum Gasteiger partial charge on any atom is -0.449 e. The molecule has 2 N–H and O–H groups in total. The molecule has 0 bridgehead atoms. The van der Waals surface area contributed by atoms with Crippen molar-refractivity contribution in [3.05, 3.63) is 29.8 Å². The monoisotopic (exact) mass is 302 g/mol. The van der Waals surface area contributed by atoms with Crippen LogP contribution in [0.25, 0.3) is 0 Å². The molecule has 21 heavy (non-hydrogen) atoms. The highest BCUT2D eigenvalue weighted by Gasteiger charge is 2.06. The van der Waals surface area contributed by atoms with Crippen LogP contribution in [0, 0.1) is 0 Å². The van der Waals surface area contributed by atoms with Gasteiger partial charge < -0.3 is 9.47 Å². The molecule has 1 aromatic rings. The number of aryl methyl sites for hydroxylation is 1. The molecule has 0 fully saturated rings. The summed E-state index contributed by atoms with van der Waals surface area (Å²) in [6.07, 6.45) is -0.216. The Bertz CT molecular complexity index is 466. The second-order valence-electron chi connectivity index (χ2n) is 3.92. The van der Waals surface area contributed by atoms with E-state index in [1.54, 1.807) is 19.1 Å². The second kappa shape index (κ2) is 8.72. The van der Waals surface area contributed by atoms with Crippen molar-refractivity contribution in [2.24, 2.45) is 0 Å². The molecule has 0 saturated heterocycles. The molecule has 8 heteroatoms. The number of nitrogens with one attached hydrogen (secondary N) is 2. The second-order valence-corrected chi connectivity index (χ2v) is 3.92. The average Bonchev–Trinajstić information content (AvgIpc) is 2.44. The van der Waals surface area contributed by atoms with Crippen LogP contribution in [0.15, 0.2) is 24.3 Å². The zero-order valence-corrected chi connectivity index (χ0v) is 11.4. The number of ether oxygens (including phenoxy) is 2. The van der Waals surface area contributed by atoms with Crippen molar-refractivity contribution in [1.29, 1.82) is 0 Å². The van der Waals surface area contributed by atoms with E-state index < -0.39 is 18.6 Å². The van der Waals surface area contributed by atoms with E-state index in [1.165, 1.54) is 12.1 Å². The number of hydrogen-bond acceptors (Lipinski definition) is 4. The van der Waals surface area contributed by atoms with E-state index in [9.17, 15) is 18.4 Å². The van der Waals surface area contributed by atoms with E-state index in [0.29, 0.717) is 6.42 Å². The molecule has 1 aromatic carbocycles. The van der Waals surface area contributed by atoms with Gasteiger partial charge in [0.2, 0.25) is 5.91 Å². The Morgan fingerprint density at radius 2 is 1.86 bits per heavy atom. The van der Waals surface area contributed by atoms with Crippen LogP contribution in [0.2, 0.25) is 0 Å². The predicted octanol–water partition coefficient (Wildman–Crippen LogP) is 2.00. The minimum absolute atomic E-state index is 0.0576. The molecule has 2 amide bonds. The van der Waals surface area contributed by atoms with Crippen LogP contribution in [0.3, 0.4) is 0 Å². The van der Waals surface area contributed by atoms with E-state index in [4.69, 9.17) is 0 Å². The van der Waals surface area contributed by atoms with E-state index in [-0.39, 0.29) is 18.8 Å². The van der Waals surface area contributed by atoms with Crippen LogP contribution < -0.4 is 15.6 Å². The van der Waals surface area contributed by atoms with Crippen molar-refractivity contribution < 1.29 is 27.8 Å². The summed E-state index contributed by atoms with van der Waals surface area (Å²) in [5, 5.41) is 0. The maximum Gasteiger partial charge on any atom is 0.426 e. The summed E-state index contributed by atoms with van der Waals surface area (Å²) in [6.45, 7) is -1.02. The number of carbonyl (C=O) groups excluding carboxylic acids is 2. The molecular formula is C13H16F2N2O4. The lowest BCUT2D eigenvalue weighted by Gasteiger charge is -2.08. The summed E-state index contributed by atoms with van der Waals surface area (Å²) >= 11 is 0. The van der Waals surface area contributed by atoms with Crippen molar-refractivity contribution in [2.45, 2.75) is 26.4 Å². The Morgan fingerprint density at radius 1 is 1.19 bits per heavy atom. The molecule has 0 aromatic heterocycles. The van der Waals surface area contributed by atoms with Gasteiger partial charge >= 0.3 is 12.7 Å². The standard InChI is InChI=1S/C13H16F2N2O4/c1-2-20-13(19)17-16-11(18)8-5-9-3-6-10(7-4-9)21-12(14)15/h3-4,6-7,12H,2,5,8H2,1H3,(H,16,18)(H,17,19). The van der Waals surface area contributed by atoms with Gasteiger partial charge in [0.05, 0.1) is 6.61 Å². The number of amides is 2. The predicted molar refractivity (Wildman–Crippen MR) is 69.7 cm³/mol. The largest absolute Gasteiger partial charge is 0.449 e. The first-order valence-corrected chi connectivity index (χ1v) is 6.26. The molecule has 0 aliphatic heterocycles. The molecular weight excluding hydrogens is 286 g/mol. The fourth-order valence-corrected chi connectivity index (χ4v) is 1.45. The Morgan fingerprint density at radius 3 is 2.43 bits per heavy atom. The number of benzene rings is 1. The highest BCUT2D eigenvalue weighted by Crippen LogP contribution is 2.15. The van der Waals surface area contributed by atoms with Crippen LogP contribution in [-0.4, -0.2) is 25.2 Å². The summed E-state index contributed by atoms with van der Waals surface area (Å²) in [6, 6.07) is 5.97. The van der Waals surface area contributed by atoms with Crippen LogP contribution >= 0.6 is 0 Å². The van der Waals surface area contributed by atoms with Gasteiger partial charge in [-0.3, -0.25) is 10.2 Å².